The third-order valence-corrected chi connectivity index (χ3v) is 3.21. The fourth-order valence-corrected chi connectivity index (χ4v) is 2.06. The third-order valence-electron chi connectivity index (χ3n) is 2.31. The summed E-state index contributed by atoms with van der Waals surface area (Å²) in [6.45, 7) is 8.63. The predicted molar refractivity (Wildman–Crippen MR) is 71.9 cm³/mol. The molecule has 0 amide bonds. The highest BCUT2D eigenvalue weighted by Crippen LogP contribution is 2.18. The average Bonchev–Trinajstić information content (AvgIpc) is 2.25. The zero-order chi connectivity index (χ0) is 12.2. The van der Waals surface area contributed by atoms with Crippen LogP contribution in [0.15, 0.2) is 24.3 Å². The lowest BCUT2D eigenvalue weighted by Gasteiger charge is -2.10. The normalized spacial score (nSPS) is 12.8. The molecule has 0 heterocycles. The molecule has 0 aliphatic rings. The first kappa shape index (κ1) is 13.0. The molecular weight excluding hydrogens is 212 g/mol. The molecule has 1 atom stereocenters. The van der Waals surface area contributed by atoms with Gasteiger partial charge < -0.3 is 5.11 Å². The second-order valence-corrected chi connectivity index (χ2v) is 9.72. The molecule has 1 rings (SSSR count). The van der Waals surface area contributed by atoms with E-state index in [1.807, 2.05) is 18.2 Å². The molecule has 1 N–H and O–H groups in total. The molecule has 0 saturated heterocycles. The Morgan fingerprint density at radius 3 is 2.44 bits per heavy atom. The van der Waals surface area contributed by atoms with Crippen LogP contribution in [0.2, 0.25) is 19.6 Å². The monoisotopic (exact) mass is 232 g/mol. The van der Waals surface area contributed by atoms with E-state index in [2.05, 4.69) is 44.1 Å². The molecule has 0 fully saturated rings. The Kier molecular flexibility index (Phi) is 4.34. The average molecular weight is 232 g/mol. The largest absolute Gasteiger partial charge is 0.376 e. The summed E-state index contributed by atoms with van der Waals surface area (Å²) in [7, 11) is -1.40. The summed E-state index contributed by atoms with van der Waals surface area (Å²) in [6, 6.07) is 7.96. The van der Waals surface area contributed by atoms with E-state index in [0.29, 0.717) is 0 Å². The Labute approximate surface area is 99.5 Å². The summed E-state index contributed by atoms with van der Waals surface area (Å²) in [5.74, 6) is 2.98. The Morgan fingerprint density at radius 2 is 1.88 bits per heavy atom. The summed E-state index contributed by atoms with van der Waals surface area (Å²) in [5.41, 5.74) is 5.35. The first-order valence-electron chi connectivity index (χ1n) is 5.72. The van der Waals surface area contributed by atoms with Crippen molar-refractivity contribution >= 4 is 8.07 Å². The van der Waals surface area contributed by atoms with Gasteiger partial charge >= 0.3 is 0 Å². The molecule has 0 aliphatic carbocycles. The molecule has 1 aromatic carbocycles. The van der Waals surface area contributed by atoms with Crippen LogP contribution < -0.4 is 0 Å². The minimum atomic E-state index is -1.40. The molecule has 1 unspecified atom stereocenters. The van der Waals surface area contributed by atoms with Crippen LogP contribution in [0, 0.1) is 11.5 Å². The van der Waals surface area contributed by atoms with Crippen LogP contribution >= 0.6 is 0 Å². The lowest BCUT2D eigenvalue weighted by Crippen LogP contribution is -2.17. The fraction of sp³-hybridized carbons (Fsp3) is 0.429. The molecule has 0 saturated carbocycles. The van der Waals surface area contributed by atoms with Crippen molar-refractivity contribution in [3.05, 3.63) is 35.4 Å². The minimum absolute atomic E-state index is 0.636. The number of benzene rings is 1. The number of hydrogen-bond acceptors (Lipinski definition) is 1. The molecule has 0 radical (unpaired) electrons. The Morgan fingerprint density at radius 1 is 1.25 bits per heavy atom. The highest BCUT2D eigenvalue weighted by molar-refractivity contribution is 6.83. The maximum absolute atomic E-state index is 10.0. The maximum atomic E-state index is 10.0. The molecule has 2 heteroatoms. The lowest BCUT2D eigenvalue weighted by atomic mass is 10.0. The van der Waals surface area contributed by atoms with Crippen LogP contribution in [0.25, 0.3) is 0 Å². The zero-order valence-corrected chi connectivity index (χ0v) is 11.5. The van der Waals surface area contributed by atoms with Crippen molar-refractivity contribution in [1.29, 1.82) is 0 Å². The number of aryl methyl sites for hydroxylation is 1. The molecule has 0 spiro atoms. The van der Waals surface area contributed by atoms with Crippen LogP contribution in [0.4, 0.5) is 0 Å². The zero-order valence-electron chi connectivity index (χ0n) is 10.5. The maximum Gasteiger partial charge on any atom is 0.139 e. The highest BCUT2D eigenvalue weighted by Gasteiger charge is 2.11. The van der Waals surface area contributed by atoms with Crippen molar-refractivity contribution in [1.82, 2.24) is 0 Å². The molecule has 86 valence electrons. The van der Waals surface area contributed by atoms with E-state index in [9.17, 15) is 5.11 Å². The van der Waals surface area contributed by atoms with Crippen molar-refractivity contribution in [2.45, 2.75) is 39.1 Å². The molecule has 16 heavy (non-hydrogen) atoms. The van der Waals surface area contributed by atoms with E-state index in [4.69, 9.17) is 0 Å². The number of rotatable bonds is 2. The number of aliphatic hydroxyl groups excluding tert-OH is 1. The number of hydrogen-bond donors (Lipinski definition) is 1. The highest BCUT2D eigenvalue weighted by atomic mass is 28.3. The van der Waals surface area contributed by atoms with Gasteiger partial charge in [-0.15, -0.1) is 5.54 Å². The van der Waals surface area contributed by atoms with Crippen LogP contribution in [-0.4, -0.2) is 13.2 Å². The van der Waals surface area contributed by atoms with Gasteiger partial charge in [0, 0.05) is 0 Å². The van der Waals surface area contributed by atoms with Gasteiger partial charge in [-0.25, -0.2) is 0 Å². The van der Waals surface area contributed by atoms with Gasteiger partial charge in [0.15, 0.2) is 0 Å². The lowest BCUT2D eigenvalue weighted by molar-refractivity contribution is 0.237. The van der Waals surface area contributed by atoms with Gasteiger partial charge in [0.05, 0.1) is 0 Å². The molecule has 1 nitrogen and oxygen atoms in total. The van der Waals surface area contributed by atoms with E-state index in [-0.39, 0.29) is 0 Å². The molecular formula is C14H20OSi. The summed E-state index contributed by atoms with van der Waals surface area (Å²) in [4.78, 5) is 0. The van der Waals surface area contributed by atoms with Crippen molar-refractivity contribution in [2.24, 2.45) is 0 Å². The Balaban J connectivity index is 2.95. The topological polar surface area (TPSA) is 20.2 Å². The first-order valence-corrected chi connectivity index (χ1v) is 9.22. The minimum Gasteiger partial charge on any atom is -0.376 e. The van der Waals surface area contributed by atoms with Gasteiger partial charge in [0.1, 0.15) is 14.2 Å². The second-order valence-electron chi connectivity index (χ2n) is 4.97. The number of aliphatic hydroxyl groups is 1. The SMILES string of the molecule is CCc1ccccc1C(O)C#C[Si](C)(C)C. The summed E-state index contributed by atoms with van der Waals surface area (Å²) < 4.78 is 0. The summed E-state index contributed by atoms with van der Waals surface area (Å²) in [5, 5.41) is 10.0. The van der Waals surface area contributed by atoms with Crippen molar-refractivity contribution in [3.63, 3.8) is 0 Å². The predicted octanol–water partition coefficient (Wildman–Crippen LogP) is 3.16. The molecule has 0 aliphatic heterocycles. The fourth-order valence-electron chi connectivity index (χ4n) is 1.49. The van der Waals surface area contributed by atoms with Gasteiger partial charge in [-0.1, -0.05) is 56.8 Å². The quantitative estimate of drug-likeness (QED) is 0.613. The van der Waals surface area contributed by atoms with E-state index >= 15 is 0 Å². The second kappa shape index (κ2) is 5.34. The van der Waals surface area contributed by atoms with Crippen LogP contribution in [0.1, 0.15) is 24.2 Å². The van der Waals surface area contributed by atoms with E-state index in [1.54, 1.807) is 0 Å². The van der Waals surface area contributed by atoms with Crippen molar-refractivity contribution in [2.75, 3.05) is 0 Å². The Bertz CT molecular complexity index is 407. The molecule has 0 bridgehead atoms. The van der Waals surface area contributed by atoms with Gasteiger partial charge in [-0.05, 0) is 17.5 Å². The van der Waals surface area contributed by atoms with Crippen molar-refractivity contribution < 1.29 is 5.11 Å². The van der Waals surface area contributed by atoms with Gasteiger partial charge in [-0.2, -0.15) is 0 Å². The molecule has 1 aromatic rings. The van der Waals surface area contributed by atoms with Gasteiger partial charge in [0.2, 0.25) is 0 Å². The van der Waals surface area contributed by atoms with Crippen LogP contribution in [0.5, 0.6) is 0 Å². The summed E-state index contributed by atoms with van der Waals surface area (Å²) in [6.07, 6.45) is 0.296. The molecule has 0 aromatic heterocycles. The Hall–Kier alpha value is -1.04. The van der Waals surface area contributed by atoms with Crippen LogP contribution in [-0.2, 0) is 6.42 Å². The standard InChI is InChI=1S/C14H20OSi/c1-5-12-8-6-7-9-13(12)14(15)10-11-16(2,3)4/h6-9,14-15H,5H2,1-4H3. The van der Waals surface area contributed by atoms with Gasteiger partial charge in [0.25, 0.3) is 0 Å². The van der Waals surface area contributed by atoms with E-state index in [0.717, 1.165) is 12.0 Å². The van der Waals surface area contributed by atoms with Crippen molar-refractivity contribution in [3.8, 4) is 11.5 Å². The van der Waals surface area contributed by atoms with Crippen LogP contribution in [0.3, 0.4) is 0 Å². The first-order chi connectivity index (χ1) is 7.44. The smallest absolute Gasteiger partial charge is 0.139 e. The third kappa shape index (κ3) is 3.84. The van der Waals surface area contributed by atoms with Gasteiger partial charge in [-0.3, -0.25) is 0 Å². The van der Waals surface area contributed by atoms with E-state index in [1.165, 1.54) is 5.56 Å². The van der Waals surface area contributed by atoms with E-state index < -0.39 is 14.2 Å². The summed E-state index contributed by atoms with van der Waals surface area (Å²) >= 11 is 0.